The first kappa shape index (κ1) is 16.9. The maximum Gasteiger partial charge on any atom is 0.416 e. The predicted octanol–water partition coefficient (Wildman–Crippen LogP) is 5.33. The molecule has 0 bridgehead atoms. The molecule has 1 fully saturated rings. The zero-order valence-electron chi connectivity index (χ0n) is 15.7. The van der Waals surface area contributed by atoms with E-state index in [-0.39, 0.29) is 6.09 Å². The fraction of sp³-hybridized carbons (Fsp3) is 0.208. The number of cyclic esters (lactones) is 1. The number of fused-ring (bicyclic) bond motifs is 2. The summed E-state index contributed by atoms with van der Waals surface area (Å²) in [7, 11) is 1.66. The van der Waals surface area contributed by atoms with Gasteiger partial charge in [-0.2, -0.15) is 0 Å². The molecular formula is C24H21NO3. The van der Waals surface area contributed by atoms with Crippen LogP contribution in [0, 0.1) is 0 Å². The van der Waals surface area contributed by atoms with Gasteiger partial charge in [0.05, 0.1) is 12.6 Å². The summed E-state index contributed by atoms with van der Waals surface area (Å²) >= 11 is 0. The van der Waals surface area contributed by atoms with E-state index in [1.807, 2.05) is 53.4 Å². The van der Waals surface area contributed by atoms with Gasteiger partial charge in [-0.3, -0.25) is 4.90 Å². The Morgan fingerprint density at radius 1 is 1.00 bits per heavy atom. The Bertz CT molecular complexity index is 1090. The van der Waals surface area contributed by atoms with E-state index in [9.17, 15) is 4.79 Å². The molecule has 2 aliphatic rings. The molecule has 2 heterocycles. The Hall–Kier alpha value is -3.27. The van der Waals surface area contributed by atoms with E-state index >= 15 is 0 Å². The number of benzene rings is 3. The largest absolute Gasteiger partial charge is 0.497 e. The zero-order valence-corrected chi connectivity index (χ0v) is 15.7. The smallest absolute Gasteiger partial charge is 0.416 e. The Morgan fingerprint density at radius 2 is 1.79 bits per heavy atom. The Morgan fingerprint density at radius 3 is 2.61 bits per heavy atom. The molecule has 3 aromatic carbocycles. The highest BCUT2D eigenvalue weighted by Crippen LogP contribution is 2.45. The van der Waals surface area contributed by atoms with Gasteiger partial charge in [-0.15, -0.1) is 0 Å². The average Bonchev–Trinajstić information content (AvgIpc) is 3.19. The SMILES string of the molecule is COc1ccc2cc(C3=C[C@]4(c5ccccc5)CCCN4C(=O)O3)ccc2c1. The van der Waals surface area contributed by atoms with Crippen LogP contribution in [-0.2, 0) is 10.3 Å². The summed E-state index contributed by atoms with van der Waals surface area (Å²) in [6.45, 7) is 0.717. The molecule has 3 aromatic rings. The Balaban J connectivity index is 1.63. The van der Waals surface area contributed by atoms with Crippen molar-refractivity contribution >= 4 is 22.6 Å². The lowest BCUT2D eigenvalue weighted by molar-refractivity contribution is 0.106. The number of ether oxygens (including phenoxy) is 2. The van der Waals surface area contributed by atoms with Crippen LogP contribution in [0.1, 0.15) is 24.0 Å². The first-order valence-electron chi connectivity index (χ1n) is 9.56. The number of amides is 1. The van der Waals surface area contributed by atoms with E-state index < -0.39 is 5.54 Å². The van der Waals surface area contributed by atoms with E-state index in [0.29, 0.717) is 5.76 Å². The third kappa shape index (κ3) is 2.56. The molecule has 0 saturated carbocycles. The van der Waals surface area contributed by atoms with Gasteiger partial charge in [0, 0.05) is 12.1 Å². The standard InChI is InChI=1S/C24H21NO3/c1-27-21-11-10-17-14-19(9-8-18(17)15-21)22-16-24(20-6-3-2-4-7-20)12-5-13-25(24)23(26)28-22/h2-4,6-11,14-16H,5,12-13H2,1H3/t24-/m0/s1. The van der Waals surface area contributed by atoms with E-state index in [1.165, 1.54) is 0 Å². The molecule has 0 aliphatic carbocycles. The summed E-state index contributed by atoms with van der Waals surface area (Å²) in [4.78, 5) is 14.7. The topological polar surface area (TPSA) is 38.8 Å². The van der Waals surface area contributed by atoms with Gasteiger partial charge >= 0.3 is 6.09 Å². The molecule has 4 heteroatoms. The third-order valence-electron chi connectivity index (χ3n) is 5.81. The van der Waals surface area contributed by atoms with Crippen molar-refractivity contribution in [2.24, 2.45) is 0 Å². The number of nitrogens with zero attached hydrogens (tertiary/aromatic N) is 1. The van der Waals surface area contributed by atoms with E-state index in [0.717, 1.165) is 47.0 Å². The van der Waals surface area contributed by atoms with Gasteiger partial charge in [-0.1, -0.05) is 48.5 Å². The maximum absolute atomic E-state index is 12.8. The first-order chi connectivity index (χ1) is 13.7. The highest BCUT2D eigenvalue weighted by molar-refractivity contribution is 5.89. The number of rotatable bonds is 3. The van der Waals surface area contributed by atoms with Crippen LogP contribution in [0.3, 0.4) is 0 Å². The molecule has 1 amide bonds. The minimum absolute atomic E-state index is 0.270. The normalized spacial score (nSPS) is 21.2. The van der Waals surface area contributed by atoms with Crippen molar-refractivity contribution in [1.29, 1.82) is 0 Å². The Kier molecular flexibility index (Phi) is 3.86. The molecule has 140 valence electrons. The van der Waals surface area contributed by atoms with Gasteiger partial charge in [0.25, 0.3) is 0 Å². The second-order valence-corrected chi connectivity index (χ2v) is 7.35. The van der Waals surface area contributed by atoms with Crippen molar-refractivity contribution in [2.45, 2.75) is 18.4 Å². The molecule has 0 spiro atoms. The highest BCUT2D eigenvalue weighted by atomic mass is 16.6. The molecule has 1 saturated heterocycles. The van der Waals surface area contributed by atoms with Crippen LogP contribution < -0.4 is 4.74 Å². The monoisotopic (exact) mass is 371 g/mol. The van der Waals surface area contributed by atoms with E-state index in [2.05, 4.69) is 24.3 Å². The van der Waals surface area contributed by atoms with E-state index in [1.54, 1.807) is 7.11 Å². The minimum Gasteiger partial charge on any atom is -0.497 e. The number of hydrogen-bond donors (Lipinski definition) is 0. The summed E-state index contributed by atoms with van der Waals surface area (Å²) < 4.78 is 11.1. The second kappa shape index (κ2) is 6.41. The number of hydrogen-bond acceptors (Lipinski definition) is 3. The van der Waals surface area contributed by atoms with Gasteiger partial charge in [0.15, 0.2) is 0 Å². The van der Waals surface area contributed by atoms with Gasteiger partial charge in [0.2, 0.25) is 0 Å². The number of carbonyl (C=O) groups is 1. The number of methoxy groups -OCH3 is 1. The lowest BCUT2D eigenvalue weighted by atomic mass is 9.85. The second-order valence-electron chi connectivity index (χ2n) is 7.35. The molecule has 5 rings (SSSR count). The van der Waals surface area contributed by atoms with Gasteiger partial charge in [0.1, 0.15) is 11.5 Å². The van der Waals surface area contributed by atoms with Crippen molar-refractivity contribution in [1.82, 2.24) is 4.90 Å². The fourth-order valence-corrected chi connectivity index (χ4v) is 4.40. The van der Waals surface area contributed by atoms with Crippen LogP contribution in [0.25, 0.3) is 16.5 Å². The molecule has 1 atom stereocenters. The molecule has 0 N–H and O–H groups in total. The molecule has 28 heavy (non-hydrogen) atoms. The van der Waals surface area contributed by atoms with Crippen LogP contribution >= 0.6 is 0 Å². The van der Waals surface area contributed by atoms with Gasteiger partial charge < -0.3 is 9.47 Å². The molecule has 0 radical (unpaired) electrons. The first-order valence-corrected chi connectivity index (χ1v) is 9.56. The maximum atomic E-state index is 12.8. The van der Waals surface area contributed by atoms with E-state index in [4.69, 9.17) is 9.47 Å². The van der Waals surface area contributed by atoms with Crippen LogP contribution in [0.2, 0.25) is 0 Å². The summed E-state index contributed by atoms with van der Waals surface area (Å²) in [5.74, 6) is 1.46. The van der Waals surface area contributed by atoms with Crippen molar-refractivity contribution < 1.29 is 14.3 Å². The molecule has 4 nitrogen and oxygen atoms in total. The number of carbonyl (C=O) groups excluding carboxylic acids is 1. The quantitative estimate of drug-likeness (QED) is 0.624. The third-order valence-corrected chi connectivity index (χ3v) is 5.81. The fourth-order valence-electron chi connectivity index (χ4n) is 4.40. The summed E-state index contributed by atoms with van der Waals surface area (Å²) in [6.07, 6.45) is 3.72. The average molecular weight is 371 g/mol. The van der Waals surface area contributed by atoms with Crippen LogP contribution in [0.4, 0.5) is 4.79 Å². The van der Waals surface area contributed by atoms with Crippen LogP contribution in [-0.4, -0.2) is 24.6 Å². The molecule has 0 aromatic heterocycles. The lowest BCUT2D eigenvalue weighted by Gasteiger charge is -2.39. The Labute approximate surface area is 164 Å². The van der Waals surface area contributed by atoms with Crippen molar-refractivity contribution in [3.63, 3.8) is 0 Å². The molecule has 0 unspecified atom stereocenters. The summed E-state index contributed by atoms with van der Waals surface area (Å²) in [5.41, 5.74) is 1.61. The van der Waals surface area contributed by atoms with Crippen molar-refractivity contribution in [3.8, 4) is 5.75 Å². The summed E-state index contributed by atoms with van der Waals surface area (Å²) in [5, 5.41) is 2.17. The van der Waals surface area contributed by atoms with Crippen LogP contribution in [0.5, 0.6) is 5.75 Å². The lowest BCUT2D eigenvalue weighted by Crippen LogP contribution is -2.46. The zero-order chi connectivity index (χ0) is 19.1. The predicted molar refractivity (Wildman–Crippen MR) is 109 cm³/mol. The summed E-state index contributed by atoms with van der Waals surface area (Å²) in [6, 6.07) is 22.3. The highest BCUT2D eigenvalue weighted by Gasteiger charge is 2.47. The van der Waals surface area contributed by atoms with Gasteiger partial charge in [-0.05, 0) is 53.5 Å². The van der Waals surface area contributed by atoms with Crippen molar-refractivity contribution in [2.75, 3.05) is 13.7 Å². The van der Waals surface area contributed by atoms with Crippen molar-refractivity contribution in [3.05, 3.63) is 83.9 Å². The molecule has 2 aliphatic heterocycles. The minimum atomic E-state index is -0.430. The van der Waals surface area contributed by atoms with Gasteiger partial charge in [-0.25, -0.2) is 4.79 Å². The molecular weight excluding hydrogens is 350 g/mol. The van der Waals surface area contributed by atoms with Crippen LogP contribution in [0.15, 0.2) is 72.8 Å².